The van der Waals surface area contributed by atoms with E-state index >= 15 is 0 Å². The maximum atomic E-state index is 10.7. The Morgan fingerprint density at radius 2 is 1.12 bits per heavy atom. The fourth-order valence-corrected chi connectivity index (χ4v) is 1.23. The molecule has 0 spiro atoms. The van der Waals surface area contributed by atoms with Crippen LogP contribution in [0.25, 0.3) is 0 Å². The summed E-state index contributed by atoms with van der Waals surface area (Å²) in [5.41, 5.74) is 1.70. The lowest BCUT2D eigenvalue weighted by Gasteiger charge is -2.08. The van der Waals surface area contributed by atoms with E-state index in [9.17, 15) is 9.59 Å². The molecule has 90 valence electrons. The van der Waals surface area contributed by atoms with E-state index in [1.807, 2.05) is 13.8 Å². The Bertz CT molecular complexity index is 285. The van der Waals surface area contributed by atoms with Crippen LogP contribution in [0.2, 0.25) is 0 Å². The van der Waals surface area contributed by atoms with E-state index in [-0.39, 0.29) is 11.6 Å². The fourth-order valence-electron chi connectivity index (χ4n) is 1.23. The van der Waals surface area contributed by atoms with Crippen molar-refractivity contribution >= 4 is 11.6 Å². The zero-order valence-electron chi connectivity index (χ0n) is 10.4. The van der Waals surface area contributed by atoms with Gasteiger partial charge in [0.2, 0.25) is 0 Å². The second-order valence-corrected chi connectivity index (χ2v) is 3.73. The van der Waals surface area contributed by atoms with Gasteiger partial charge < -0.3 is 10.6 Å². The van der Waals surface area contributed by atoms with Crippen molar-refractivity contribution in [3.8, 4) is 0 Å². The first-order chi connectivity index (χ1) is 7.41. The zero-order valence-corrected chi connectivity index (χ0v) is 10.4. The van der Waals surface area contributed by atoms with Crippen LogP contribution >= 0.6 is 0 Å². The second-order valence-electron chi connectivity index (χ2n) is 3.73. The Labute approximate surface area is 96.8 Å². The highest BCUT2D eigenvalue weighted by Crippen LogP contribution is 1.88. The minimum atomic E-state index is 0.0330. The molecule has 0 unspecified atom stereocenters. The van der Waals surface area contributed by atoms with Crippen molar-refractivity contribution in [3.63, 3.8) is 0 Å². The van der Waals surface area contributed by atoms with Crippen LogP contribution in [-0.2, 0) is 9.59 Å². The van der Waals surface area contributed by atoms with Crippen molar-refractivity contribution in [1.29, 1.82) is 0 Å². The molecule has 0 bridgehead atoms. The van der Waals surface area contributed by atoms with Crippen LogP contribution in [0.5, 0.6) is 0 Å². The predicted molar refractivity (Wildman–Crippen MR) is 64.9 cm³/mol. The van der Waals surface area contributed by atoms with Gasteiger partial charge in [-0.3, -0.25) is 9.59 Å². The molecule has 0 fully saturated rings. The van der Waals surface area contributed by atoms with Crippen LogP contribution in [-0.4, -0.2) is 24.7 Å². The average molecular weight is 224 g/mol. The van der Waals surface area contributed by atoms with Crippen LogP contribution in [0.15, 0.2) is 23.5 Å². The molecule has 0 atom stereocenters. The fraction of sp³-hybridized carbons (Fsp3) is 0.500. The number of carbonyl (C=O) groups excluding carboxylic acids is 2. The quantitative estimate of drug-likeness (QED) is 0.503. The number of nitrogens with one attached hydrogen (secondary N) is 2. The number of ketones is 2. The van der Waals surface area contributed by atoms with E-state index in [2.05, 4.69) is 10.6 Å². The van der Waals surface area contributed by atoms with Crippen LogP contribution < -0.4 is 10.6 Å². The average Bonchev–Trinajstić information content (AvgIpc) is 2.10. The number of hydrogen-bond donors (Lipinski definition) is 2. The normalized spacial score (nSPS) is 12.2. The molecule has 4 nitrogen and oxygen atoms in total. The van der Waals surface area contributed by atoms with Crippen LogP contribution in [0.4, 0.5) is 0 Å². The molecule has 2 N–H and O–H groups in total. The van der Waals surface area contributed by atoms with Crippen molar-refractivity contribution in [2.75, 3.05) is 13.1 Å². The molecule has 0 heterocycles. The van der Waals surface area contributed by atoms with Gasteiger partial charge in [0.05, 0.1) is 0 Å². The zero-order chi connectivity index (χ0) is 12.6. The molecule has 0 aromatic rings. The first kappa shape index (κ1) is 14.4. The Hall–Kier alpha value is -1.58. The Morgan fingerprint density at radius 1 is 0.812 bits per heavy atom. The van der Waals surface area contributed by atoms with Gasteiger partial charge in [-0.05, 0) is 39.8 Å². The summed E-state index contributed by atoms with van der Waals surface area (Å²) in [7, 11) is 0. The highest BCUT2D eigenvalue weighted by atomic mass is 16.1. The van der Waals surface area contributed by atoms with Crippen molar-refractivity contribution in [2.45, 2.75) is 27.7 Å². The van der Waals surface area contributed by atoms with E-state index in [4.69, 9.17) is 0 Å². The molecule has 0 amide bonds. The molecule has 0 aromatic carbocycles. The third kappa shape index (κ3) is 8.99. The standard InChI is InChI=1S/C12H20N2O2/c1-9(7-11(3)15)13-5-6-14-10(2)8-12(4)16/h7-8,13-14H,5-6H2,1-4H3. The Morgan fingerprint density at radius 3 is 1.38 bits per heavy atom. The Balaban J connectivity index is 3.77. The van der Waals surface area contributed by atoms with Gasteiger partial charge >= 0.3 is 0 Å². The summed E-state index contributed by atoms with van der Waals surface area (Å²) >= 11 is 0. The highest BCUT2D eigenvalue weighted by Gasteiger charge is 1.93. The summed E-state index contributed by atoms with van der Waals surface area (Å²) in [6.07, 6.45) is 3.11. The number of carbonyl (C=O) groups is 2. The lowest BCUT2D eigenvalue weighted by molar-refractivity contribution is -0.113. The summed E-state index contributed by atoms with van der Waals surface area (Å²) in [4.78, 5) is 21.5. The molecule has 0 aliphatic rings. The molecule has 0 aliphatic carbocycles. The molecule has 0 rings (SSSR count). The van der Waals surface area contributed by atoms with E-state index in [1.54, 1.807) is 12.2 Å². The molecular weight excluding hydrogens is 204 g/mol. The third-order valence-corrected chi connectivity index (χ3v) is 1.77. The highest BCUT2D eigenvalue weighted by molar-refractivity contribution is 5.88. The first-order valence-electron chi connectivity index (χ1n) is 5.27. The van der Waals surface area contributed by atoms with E-state index in [1.165, 1.54) is 13.8 Å². The monoisotopic (exact) mass is 224 g/mol. The van der Waals surface area contributed by atoms with Gasteiger partial charge in [-0.15, -0.1) is 0 Å². The third-order valence-electron chi connectivity index (χ3n) is 1.77. The second kappa shape index (κ2) is 7.68. The minimum Gasteiger partial charge on any atom is -0.387 e. The summed E-state index contributed by atoms with van der Waals surface area (Å²) in [6.45, 7) is 8.14. The molecule has 0 saturated carbocycles. The Kier molecular flexibility index (Phi) is 6.92. The van der Waals surface area contributed by atoms with Gasteiger partial charge in [0.1, 0.15) is 0 Å². The smallest absolute Gasteiger partial charge is 0.154 e. The van der Waals surface area contributed by atoms with Crippen LogP contribution in [0.3, 0.4) is 0 Å². The maximum Gasteiger partial charge on any atom is 0.154 e. The SMILES string of the molecule is CC(=O)C=C(C)NCCNC(C)=CC(C)=O. The molecule has 0 saturated heterocycles. The molecule has 16 heavy (non-hydrogen) atoms. The largest absolute Gasteiger partial charge is 0.387 e. The van der Waals surface area contributed by atoms with E-state index in [0.29, 0.717) is 13.1 Å². The number of rotatable bonds is 7. The molecule has 0 aromatic heterocycles. The molecule has 0 radical (unpaired) electrons. The van der Waals surface area contributed by atoms with E-state index in [0.717, 1.165) is 11.4 Å². The number of hydrogen-bond acceptors (Lipinski definition) is 4. The van der Waals surface area contributed by atoms with E-state index < -0.39 is 0 Å². The van der Waals surface area contributed by atoms with Crippen molar-refractivity contribution in [2.24, 2.45) is 0 Å². The predicted octanol–water partition coefficient (Wildman–Crippen LogP) is 1.15. The minimum absolute atomic E-state index is 0.0330. The summed E-state index contributed by atoms with van der Waals surface area (Å²) in [6, 6.07) is 0. The number of allylic oxidation sites excluding steroid dienone is 4. The van der Waals surface area contributed by atoms with Crippen LogP contribution in [0.1, 0.15) is 27.7 Å². The van der Waals surface area contributed by atoms with Gasteiger partial charge in [0.25, 0.3) is 0 Å². The lowest BCUT2D eigenvalue weighted by atomic mass is 10.3. The van der Waals surface area contributed by atoms with Crippen LogP contribution in [0, 0.1) is 0 Å². The summed E-state index contributed by atoms with van der Waals surface area (Å²) < 4.78 is 0. The summed E-state index contributed by atoms with van der Waals surface area (Å²) in [5, 5.41) is 6.18. The topological polar surface area (TPSA) is 58.2 Å². The van der Waals surface area contributed by atoms with Crippen molar-refractivity contribution in [1.82, 2.24) is 10.6 Å². The summed E-state index contributed by atoms with van der Waals surface area (Å²) in [5.74, 6) is 0.0660. The molecule has 4 heteroatoms. The lowest BCUT2D eigenvalue weighted by Crippen LogP contribution is -2.25. The molecular formula is C12H20N2O2. The maximum absolute atomic E-state index is 10.7. The van der Waals surface area contributed by atoms with Gasteiger partial charge in [0, 0.05) is 24.5 Å². The van der Waals surface area contributed by atoms with Crippen molar-refractivity contribution < 1.29 is 9.59 Å². The first-order valence-corrected chi connectivity index (χ1v) is 5.27. The van der Waals surface area contributed by atoms with Gasteiger partial charge in [0.15, 0.2) is 11.6 Å². The molecule has 0 aliphatic heterocycles. The van der Waals surface area contributed by atoms with Gasteiger partial charge in [-0.25, -0.2) is 0 Å². The van der Waals surface area contributed by atoms with Crippen molar-refractivity contribution in [3.05, 3.63) is 23.5 Å². The van der Waals surface area contributed by atoms with Gasteiger partial charge in [-0.2, -0.15) is 0 Å². The van der Waals surface area contributed by atoms with Gasteiger partial charge in [-0.1, -0.05) is 0 Å².